The van der Waals surface area contributed by atoms with Crippen LogP contribution in [0.15, 0.2) is 56.9 Å². The Morgan fingerprint density at radius 3 is 2.51 bits per heavy atom. The Balaban J connectivity index is 1.66. The van der Waals surface area contributed by atoms with E-state index >= 15 is 0 Å². The van der Waals surface area contributed by atoms with Crippen molar-refractivity contribution in [2.24, 2.45) is 0 Å². The molecule has 35 heavy (non-hydrogen) atoms. The van der Waals surface area contributed by atoms with Crippen LogP contribution >= 0.6 is 23.4 Å². The fourth-order valence-corrected chi connectivity index (χ4v) is 4.41. The molecule has 0 saturated carbocycles. The second kappa shape index (κ2) is 10.8. The first kappa shape index (κ1) is 24.6. The van der Waals surface area contributed by atoms with E-state index in [1.165, 1.54) is 14.2 Å². The van der Waals surface area contributed by atoms with Crippen LogP contribution in [0.4, 0.5) is 5.82 Å². The average molecular weight is 515 g/mol. The van der Waals surface area contributed by atoms with Gasteiger partial charge in [0.15, 0.2) is 22.5 Å². The van der Waals surface area contributed by atoms with Crippen LogP contribution in [0.3, 0.4) is 0 Å². The van der Waals surface area contributed by atoms with Gasteiger partial charge in [0.1, 0.15) is 5.76 Å². The van der Waals surface area contributed by atoms with Crippen LogP contribution in [-0.4, -0.2) is 40.6 Å². The lowest BCUT2D eigenvalue weighted by Crippen LogP contribution is -2.25. The van der Waals surface area contributed by atoms with Crippen LogP contribution in [0.5, 0.6) is 11.5 Å². The summed E-state index contributed by atoms with van der Waals surface area (Å²) in [5, 5.41) is 7.89. The molecule has 0 unspecified atom stereocenters. The van der Waals surface area contributed by atoms with Gasteiger partial charge >= 0.3 is 0 Å². The summed E-state index contributed by atoms with van der Waals surface area (Å²) in [5.74, 6) is 1.54. The third-order valence-corrected chi connectivity index (χ3v) is 6.42. The number of anilines is 1. The Bertz CT molecular complexity index is 1420. The molecule has 0 atom stereocenters. The van der Waals surface area contributed by atoms with Gasteiger partial charge in [-0.05, 0) is 37.1 Å². The summed E-state index contributed by atoms with van der Waals surface area (Å²) < 4.78 is 17.3. The lowest BCUT2D eigenvalue weighted by molar-refractivity contribution is -0.113. The maximum absolute atomic E-state index is 13.5. The molecule has 2 aromatic heterocycles. The van der Waals surface area contributed by atoms with Crippen LogP contribution in [0.25, 0.3) is 10.9 Å². The van der Waals surface area contributed by atoms with E-state index in [9.17, 15) is 9.59 Å². The highest BCUT2D eigenvalue weighted by Crippen LogP contribution is 2.31. The number of amides is 1. The Kier molecular flexibility index (Phi) is 7.62. The van der Waals surface area contributed by atoms with Gasteiger partial charge in [0.25, 0.3) is 5.56 Å². The quantitative estimate of drug-likeness (QED) is 0.259. The molecule has 0 aliphatic rings. The van der Waals surface area contributed by atoms with Crippen molar-refractivity contribution in [2.75, 3.05) is 25.3 Å². The summed E-state index contributed by atoms with van der Waals surface area (Å²) in [6.45, 7) is 2.10. The van der Waals surface area contributed by atoms with E-state index in [1.807, 2.05) is 12.1 Å². The summed E-state index contributed by atoms with van der Waals surface area (Å²) in [7, 11) is 3.03. The predicted octanol–water partition coefficient (Wildman–Crippen LogP) is 4.34. The number of ether oxygens (including phenoxy) is 2. The largest absolute Gasteiger partial charge is 0.493 e. The molecular weight excluding hydrogens is 492 g/mol. The van der Waals surface area contributed by atoms with Crippen LogP contribution in [-0.2, 0) is 17.8 Å². The number of aromatic nitrogens is 3. The topological polar surface area (TPSA) is 108 Å². The maximum atomic E-state index is 13.5. The molecule has 0 fully saturated rings. The molecule has 1 N–H and O–H groups in total. The van der Waals surface area contributed by atoms with Gasteiger partial charge in [-0.15, -0.1) is 0 Å². The highest BCUT2D eigenvalue weighted by molar-refractivity contribution is 7.99. The van der Waals surface area contributed by atoms with E-state index in [2.05, 4.69) is 15.5 Å². The lowest BCUT2D eigenvalue weighted by atomic mass is 10.1. The number of hydrogen-bond acceptors (Lipinski definition) is 8. The number of fused-ring (bicyclic) bond motifs is 1. The summed E-state index contributed by atoms with van der Waals surface area (Å²) in [4.78, 5) is 30.7. The maximum Gasteiger partial charge on any atom is 0.262 e. The Morgan fingerprint density at radius 2 is 1.86 bits per heavy atom. The number of halogens is 1. The molecule has 4 aromatic rings. The minimum absolute atomic E-state index is 0.0259. The molecule has 4 rings (SSSR count). The molecule has 1 amide bonds. The minimum atomic E-state index is -0.297. The van der Waals surface area contributed by atoms with Crippen molar-refractivity contribution in [3.05, 3.63) is 69.2 Å². The number of nitrogens with zero attached hydrogens (tertiary/aromatic N) is 3. The second-order valence-electron chi connectivity index (χ2n) is 7.61. The van der Waals surface area contributed by atoms with Gasteiger partial charge in [0, 0.05) is 23.7 Å². The monoisotopic (exact) mass is 514 g/mol. The van der Waals surface area contributed by atoms with Crippen molar-refractivity contribution in [1.82, 2.24) is 14.7 Å². The molecule has 0 radical (unpaired) electrons. The number of rotatable bonds is 9. The van der Waals surface area contributed by atoms with E-state index in [1.54, 1.807) is 41.8 Å². The molecule has 0 saturated heterocycles. The Hall–Kier alpha value is -3.50. The summed E-state index contributed by atoms with van der Waals surface area (Å²) in [6, 6.07) is 12.3. The highest BCUT2D eigenvalue weighted by atomic mass is 35.5. The highest BCUT2D eigenvalue weighted by Gasteiger charge is 2.17. The molecule has 11 heteroatoms. The lowest BCUT2D eigenvalue weighted by Gasteiger charge is -2.15. The Morgan fingerprint density at radius 1 is 1.14 bits per heavy atom. The first-order valence-electron chi connectivity index (χ1n) is 10.6. The number of nitrogens with one attached hydrogen (secondary N) is 1. The number of carbonyl (C=O) groups excluding carboxylic acids is 1. The third kappa shape index (κ3) is 5.77. The van der Waals surface area contributed by atoms with Gasteiger partial charge in [-0.25, -0.2) is 4.98 Å². The van der Waals surface area contributed by atoms with Crippen LogP contribution < -0.4 is 20.3 Å². The zero-order valence-corrected chi connectivity index (χ0v) is 20.9. The normalized spacial score (nSPS) is 11.0. The first-order chi connectivity index (χ1) is 16.9. The zero-order chi connectivity index (χ0) is 24.9. The first-order valence-corrected chi connectivity index (χ1v) is 12.0. The van der Waals surface area contributed by atoms with Gasteiger partial charge in [0.05, 0.1) is 30.9 Å². The van der Waals surface area contributed by atoms with Crippen molar-refractivity contribution >= 4 is 46.0 Å². The fraction of sp³-hybridized carbons (Fsp3) is 0.250. The third-order valence-electron chi connectivity index (χ3n) is 5.19. The second-order valence-corrected chi connectivity index (χ2v) is 8.99. The van der Waals surface area contributed by atoms with Gasteiger partial charge in [0.2, 0.25) is 5.91 Å². The number of carbonyl (C=O) groups is 1. The molecule has 9 nitrogen and oxygen atoms in total. The Labute approximate surface area is 210 Å². The minimum Gasteiger partial charge on any atom is -0.493 e. The smallest absolute Gasteiger partial charge is 0.262 e. The van der Waals surface area contributed by atoms with E-state index < -0.39 is 0 Å². The van der Waals surface area contributed by atoms with Crippen molar-refractivity contribution in [1.29, 1.82) is 0 Å². The van der Waals surface area contributed by atoms with Crippen molar-refractivity contribution in [3.63, 3.8) is 0 Å². The van der Waals surface area contributed by atoms with Gasteiger partial charge in [-0.2, -0.15) is 0 Å². The van der Waals surface area contributed by atoms with E-state index in [4.69, 9.17) is 25.6 Å². The summed E-state index contributed by atoms with van der Waals surface area (Å²) >= 11 is 7.15. The standard InChI is InChI=1S/C24H23ClN4O5S/c1-14-10-21(28-34-14)27-22(30)13-35-24-26-18-12-20(33-3)19(32-2)11-17(18)23(31)29(24)9-8-15-4-6-16(25)7-5-15/h4-7,10-12H,8-9,13H2,1-3H3,(H,27,28,30). The number of hydrogen-bond donors (Lipinski definition) is 1. The van der Waals surface area contributed by atoms with Crippen molar-refractivity contribution in [2.45, 2.75) is 25.0 Å². The number of benzene rings is 2. The average Bonchev–Trinajstić information content (AvgIpc) is 3.26. The van der Waals surface area contributed by atoms with Gasteiger partial charge in [-0.3, -0.25) is 14.2 Å². The van der Waals surface area contributed by atoms with Crippen molar-refractivity contribution < 1.29 is 18.8 Å². The number of thioether (sulfide) groups is 1. The molecule has 2 heterocycles. The van der Waals surface area contributed by atoms with Crippen LogP contribution in [0.2, 0.25) is 5.02 Å². The van der Waals surface area contributed by atoms with E-state index in [-0.39, 0.29) is 17.2 Å². The van der Waals surface area contributed by atoms with Gasteiger partial charge < -0.3 is 19.3 Å². The molecule has 0 aliphatic carbocycles. The molecule has 182 valence electrons. The van der Waals surface area contributed by atoms with E-state index in [0.717, 1.165) is 17.3 Å². The molecular formula is C24H23ClN4O5S. The van der Waals surface area contributed by atoms with Crippen LogP contribution in [0.1, 0.15) is 11.3 Å². The predicted molar refractivity (Wildman–Crippen MR) is 135 cm³/mol. The summed E-state index contributed by atoms with van der Waals surface area (Å²) in [6.07, 6.45) is 0.579. The fourth-order valence-electron chi connectivity index (χ4n) is 3.46. The molecule has 0 aliphatic heterocycles. The SMILES string of the molecule is COc1cc2nc(SCC(=O)Nc3cc(C)on3)n(CCc3ccc(Cl)cc3)c(=O)c2cc1OC. The van der Waals surface area contributed by atoms with Crippen molar-refractivity contribution in [3.8, 4) is 11.5 Å². The van der Waals surface area contributed by atoms with Crippen LogP contribution in [0, 0.1) is 6.92 Å². The molecule has 2 aromatic carbocycles. The van der Waals surface area contributed by atoms with Gasteiger partial charge in [-0.1, -0.05) is 40.7 Å². The number of aryl methyl sites for hydroxylation is 2. The van der Waals surface area contributed by atoms with E-state index in [0.29, 0.717) is 57.1 Å². The molecule has 0 bridgehead atoms. The molecule has 0 spiro atoms. The number of methoxy groups -OCH3 is 2. The zero-order valence-electron chi connectivity index (χ0n) is 19.3. The summed E-state index contributed by atoms with van der Waals surface area (Å²) in [5.41, 5.74) is 1.23.